The zero-order valence-corrected chi connectivity index (χ0v) is 19.5. The van der Waals surface area contributed by atoms with E-state index in [-0.39, 0.29) is 23.2 Å². The number of carbonyl (C=O) groups excluding carboxylic acids is 1. The third-order valence-corrected chi connectivity index (χ3v) is 6.74. The van der Waals surface area contributed by atoms with Crippen molar-refractivity contribution in [2.75, 3.05) is 38.2 Å². The van der Waals surface area contributed by atoms with Crippen molar-refractivity contribution in [2.24, 2.45) is 0 Å². The van der Waals surface area contributed by atoms with Crippen LogP contribution in [0.15, 0.2) is 24.4 Å². The Balaban J connectivity index is 1.19. The minimum atomic E-state index is -0.537. The van der Waals surface area contributed by atoms with E-state index >= 15 is 0 Å². The van der Waals surface area contributed by atoms with Gasteiger partial charge < -0.3 is 30.3 Å². The maximum Gasteiger partial charge on any atom is 0.318 e. The Morgan fingerprint density at radius 1 is 1.29 bits per heavy atom. The van der Waals surface area contributed by atoms with E-state index < -0.39 is 5.82 Å². The monoisotopic (exact) mass is 490 g/mol. The fourth-order valence-electron chi connectivity index (χ4n) is 4.47. The topological polar surface area (TPSA) is 101 Å². The third-order valence-electron chi connectivity index (χ3n) is 6.43. The molecule has 2 aromatic rings. The number of urea groups is 1. The molecule has 3 aliphatic rings. The molecule has 1 aromatic heterocycles. The first-order valence-electron chi connectivity index (χ1n) is 11.6. The fourth-order valence-corrected chi connectivity index (χ4v) is 4.59. The summed E-state index contributed by atoms with van der Waals surface area (Å²) >= 11 is 5.75. The van der Waals surface area contributed by atoms with Gasteiger partial charge in [0.1, 0.15) is 17.7 Å². The number of carbonyl (C=O) groups is 1. The number of aromatic nitrogens is 2. The summed E-state index contributed by atoms with van der Waals surface area (Å²) in [6, 6.07) is 4.22. The van der Waals surface area contributed by atoms with Gasteiger partial charge in [-0.2, -0.15) is 0 Å². The molecule has 2 saturated heterocycles. The average molecular weight is 491 g/mol. The van der Waals surface area contributed by atoms with Gasteiger partial charge in [-0.1, -0.05) is 11.6 Å². The molecule has 3 aliphatic heterocycles. The van der Waals surface area contributed by atoms with Gasteiger partial charge in [0, 0.05) is 51.2 Å². The summed E-state index contributed by atoms with van der Waals surface area (Å²) in [5.41, 5.74) is 1.93. The number of nitrogens with zero attached hydrogens (tertiary/aromatic N) is 3. The zero-order chi connectivity index (χ0) is 23.5. The lowest BCUT2D eigenvalue weighted by molar-refractivity contribution is 0.0903. The van der Waals surface area contributed by atoms with Crippen molar-refractivity contribution in [3.8, 4) is 5.75 Å². The smallest absolute Gasteiger partial charge is 0.318 e. The number of amides is 2. The first-order valence-corrected chi connectivity index (χ1v) is 12.0. The molecule has 0 spiro atoms. The fraction of sp³-hybridized carbons (Fsp3) is 0.522. The van der Waals surface area contributed by atoms with Crippen molar-refractivity contribution >= 4 is 23.6 Å². The second kappa shape index (κ2) is 10.3. The predicted octanol–water partition coefficient (Wildman–Crippen LogP) is 2.35. The van der Waals surface area contributed by atoms with E-state index in [1.54, 1.807) is 11.0 Å². The number of rotatable bonds is 5. The van der Waals surface area contributed by atoms with Gasteiger partial charge in [0.05, 0.1) is 23.3 Å². The Morgan fingerprint density at radius 3 is 2.97 bits per heavy atom. The molecule has 2 unspecified atom stereocenters. The van der Waals surface area contributed by atoms with Gasteiger partial charge in [0.25, 0.3) is 0 Å². The second-order valence-electron chi connectivity index (χ2n) is 8.81. The van der Waals surface area contributed by atoms with E-state index in [4.69, 9.17) is 21.1 Å². The van der Waals surface area contributed by atoms with Crippen molar-refractivity contribution in [2.45, 2.75) is 44.0 Å². The summed E-state index contributed by atoms with van der Waals surface area (Å²) < 4.78 is 25.1. The summed E-state index contributed by atoms with van der Waals surface area (Å²) in [7, 11) is 0. The van der Waals surface area contributed by atoms with Gasteiger partial charge >= 0.3 is 6.03 Å². The van der Waals surface area contributed by atoms with Crippen molar-refractivity contribution < 1.29 is 18.7 Å². The third kappa shape index (κ3) is 5.34. The molecule has 34 heavy (non-hydrogen) atoms. The van der Waals surface area contributed by atoms with Crippen LogP contribution in [0, 0.1) is 5.82 Å². The van der Waals surface area contributed by atoms with Crippen LogP contribution >= 0.6 is 11.6 Å². The summed E-state index contributed by atoms with van der Waals surface area (Å²) in [5.74, 6) is 0.435. The Kier molecular flexibility index (Phi) is 6.98. The summed E-state index contributed by atoms with van der Waals surface area (Å²) in [6.07, 6.45) is 4.09. The predicted molar refractivity (Wildman–Crippen MR) is 125 cm³/mol. The van der Waals surface area contributed by atoms with Crippen LogP contribution in [0.2, 0.25) is 5.02 Å². The molecule has 11 heteroatoms. The number of hydrogen-bond acceptors (Lipinski definition) is 7. The standard InChI is InChI=1S/C23H28ClFN6O3/c24-17-2-1-16(9-18(17)25)34-21-12-26-11-19(21)30-23(32)31-6-3-14-10-27-22(29-20(14)13-31)28-15-4-7-33-8-5-15/h1-2,9-10,15,19,21,26H,3-8,11-13H2,(H,30,32)(H,27,28,29). The molecule has 9 nitrogen and oxygen atoms in total. The Bertz CT molecular complexity index is 1040. The molecule has 3 N–H and O–H groups in total. The summed E-state index contributed by atoms with van der Waals surface area (Å²) in [4.78, 5) is 23.9. The normalized spacial score (nSPS) is 22.8. The molecule has 5 rings (SSSR count). The lowest BCUT2D eigenvalue weighted by atomic mass is 10.1. The van der Waals surface area contributed by atoms with Gasteiger partial charge in [0.15, 0.2) is 0 Å². The average Bonchev–Trinajstić information content (AvgIpc) is 3.28. The van der Waals surface area contributed by atoms with Crippen molar-refractivity contribution in [1.29, 1.82) is 0 Å². The second-order valence-corrected chi connectivity index (χ2v) is 9.22. The molecular formula is C23H28ClFN6O3. The van der Waals surface area contributed by atoms with Crippen LogP contribution in [0.5, 0.6) is 5.75 Å². The van der Waals surface area contributed by atoms with Crippen LogP contribution in [0.1, 0.15) is 24.1 Å². The number of nitrogens with one attached hydrogen (secondary N) is 3. The highest BCUT2D eigenvalue weighted by atomic mass is 35.5. The van der Waals surface area contributed by atoms with Gasteiger partial charge in [-0.3, -0.25) is 0 Å². The van der Waals surface area contributed by atoms with Crippen LogP contribution in [0.3, 0.4) is 0 Å². The SMILES string of the molecule is O=C(NC1CNCC1Oc1ccc(Cl)c(F)c1)N1CCc2cnc(NC3CCOCC3)nc2C1. The Hall–Kier alpha value is -2.69. The Morgan fingerprint density at radius 2 is 2.15 bits per heavy atom. The van der Waals surface area contributed by atoms with Crippen LogP contribution < -0.4 is 20.7 Å². The van der Waals surface area contributed by atoms with Crippen molar-refractivity contribution in [1.82, 2.24) is 25.5 Å². The van der Waals surface area contributed by atoms with Crippen LogP contribution in [0.25, 0.3) is 0 Å². The number of benzene rings is 1. The number of halogens is 2. The lowest BCUT2D eigenvalue weighted by Gasteiger charge is -2.31. The first kappa shape index (κ1) is 23.1. The molecule has 2 atom stereocenters. The first-order chi connectivity index (χ1) is 16.5. The Labute approximate surface area is 202 Å². The zero-order valence-electron chi connectivity index (χ0n) is 18.7. The maximum atomic E-state index is 13.8. The molecule has 1 aromatic carbocycles. The van der Waals surface area contributed by atoms with Gasteiger partial charge in [0.2, 0.25) is 5.95 Å². The molecule has 0 radical (unpaired) electrons. The highest BCUT2D eigenvalue weighted by molar-refractivity contribution is 6.30. The van der Waals surface area contributed by atoms with E-state index in [2.05, 4.69) is 25.9 Å². The number of fused-ring (bicyclic) bond motifs is 1. The lowest BCUT2D eigenvalue weighted by Crippen LogP contribution is -2.51. The van der Waals surface area contributed by atoms with Crippen LogP contribution in [0.4, 0.5) is 15.1 Å². The molecule has 182 valence electrons. The maximum absolute atomic E-state index is 13.8. The largest absolute Gasteiger partial charge is 0.487 e. The van der Waals surface area contributed by atoms with Crippen molar-refractivity contribution in [3.05, 3.63) is 46.5 Å². The highest BCUT2D eigenvalue weighted by Crippen LogP contribution is 2.23. The molecule has 0 saturated carbocycles. The van der Waals surface area contributed by atoms with Crippen LogP contribution in [-0.2, 0) is 17.7 Å². The quantitative estimate of drug-likeness (QED) is 0.591. The summed E-state index contributed by atoms with van der Waals surface area (Å²) in [5, 5.41) is 9.72. The van der Waals surface area contributed by atoms with Crippen molar-refractivity contribution in [3.63, 3.8) is 0 Å². The van der Waals surface area contributed by atoms with E-state index in [1.807, 2.05) is 6.20 Å². The molecule has 0 aliphatic carbocycles. The number of anilines is 1. The van der Waals surface area contributed by atoms with E-state index in [0.717, 1.165) is 37.3 Å². The van der Waals surface area contributed by atoms with Gasteiger partial charge in [-0.15, -0.1) is 0 Å². The van der Waals surface area contributed by atoms with Gasteiger partial charge in [-0.25, -0.2) is 19.2 Å². The minimum absolute atomic E-state index is 0.0436. The molecule has 0 bridgehead atoms. The summed E-state index contributed by atoms with van der Waals surface area (Å²) in [6.45, 7) is 3.60. The van der Waals surface area contributed by atoms with Crippen LogP contribution in [-0.4, -0.2) is 71.9 Å². The molecule has 2 amide bonds. The number of hydrogen-bond donors (Lipinski definition) is 3. The minimum Gasteiger partial charge on any atom is -0.487 e. The van der Waals surface area contributed by atoms with E-state index in [1.165, 1.54) is 12.1 Å². The number of ether oxygens (including phenoxy) is 2. The van der Waals surface area contributed by atoms with Gasteiger partial charge in [-0.05, 0) is 37.0 Å². The van der Waals surface area contributed by atoms with E-state index in [0.29, 0.717) is 50.3 Å². The molecular weight excluding hydrogens is 463 g/mol. The molecule has 4 heterocycles. The van der Waals surface area contributed by atoms with E-state index in [9.17, 15) is 9.18 Å². The molecule has 2 fully saturated rings. The highest BCUT2D eigenvalue weighted by Gasteiger charge is 2.32.